The molecule has 23 heavy (non-hydrogen) atoms. The number of pyridine rings is 1. The molecule has 0 atom stereocenters. The summed E-state index contributed by atoms with van der Waals surface area (Å²) in [7, 11) is 1.93. The molecule has 0 radical (unpaired) electrons. The third-order valence-electron chi connectivity index (χ3n) is 4.45. The van der Waals surface area contributed by atoms with E-state index in [0.29, 0.717) is 12.2 Å². The highest BCUT2D eigenvalue weighted by Crippen LogP contribution is 2.14. The molecule has 0 unspecified atom stereocenters. The van der Waals surface area contributed by atoms with Gasteiger partial charge in [0.25, 0.3) is 5.91 Å². The number of amides is 1. The van der Waals surface area contributed by atoms with E-state index in [1.54, 1.807) is 12.3 Å². The number of piperidine rings is 1. The Kier molecular flexibility index (Phi) is 4.60. The first-order valence-corrected chi connectivity index (χ1v) is 8.12. The minimum Gasteiger partial charge on any atom is -0.380 e. The minimum absolute atomic E-state index is 0.0411. The van der Waals surface area contributed by atoms with E-state index < -0.39 is 0 Å². The van der Waals surface area contributed by atoms with E-state index in [1.807, 2.05) is 35.8 Å². The zero-order chi connectivity index (χ0) is 16.2. The third kappa shape index (κ3) is 3.52. The molecule has 1 aliphatic rings. The van der Waals surface area contributed by atoms with Crippen molar-refractivity contribution in [3.8, 4) is 0 Å². The van der Waals surface area contributed by atoms with Gasteiger partial charge >= 0.3 is 0 Å². The molecule has 1 aliphatic heterocycles. The van der Waals surface area contributed by atoms with Gasteiger partial charge in [0, 0.05) is 37.9 Å². The number of rotatable bonds is 4. The molecule has 1 amide bonds. The number of hydrogen-bond acceptors (Lipinski definition) is 4. The van der Waals surface area contributed by atoms with Gasteiger partial charge < -0.3 is 10.2 Å². The van der Waals surface area contributed by atoms with Crippen LogP contribution in [0.1, 0.15) is 41.0 Å². The normalized spacial score (nSPS) is 14.8. The highest BCUT2D eigenvalue weighted by molar-refractivity contribution is 5.92. The van der Waals surface area contributed by atoms with E-state index >= 15 is 0 Å². The molecule has 2 aromatic heterocycles. The Morgan fingerprint density at radius 2 is 2.00 bits per heavy atom. The lowest BCUT2D eigenvalue weighted by Gasteiger charge is -2.26. The molecular weight excluding hydrogens is 290 g/mol. The van der Waals surface area contributed by atoms with Crippen LogP contribution in [0.25, 0.3) is 0 Å². The van der Waals surface area contributed by atoms with Gasteiger partial charge in [-0.3, -0.25) is 9.48 Å². The summed E-state index contributed by atoms with van der Waals surface area (Å²) in [6.07, 6.45) is 6.99. The number of carbonyl (C=O) groups excluding carboxylic acids is 1. The topological polar surface area (TPSA) is 63.1 Å². The van der Waals surface area contributed by atoms with Crippen LogP contribution < -0.4 is 5.32 Å². The quantitative estimate of drug-likeness (QED) is 0.941. The molecule has 1 N–H and O–H groups in total. The summed E-state index contributed by atoms with van der Waals surface area (Å²) < 4.78 is 1.86. The minimum atomic E-state index is 0.0411. The Balaban J connectivity index is 1.60. The van der Waals surface area contributed by atoms with E-state index in [0.717, 1.165) is 42.9 Å². The van der Waals surface area contributed by atoms with Crippen molar-refractivity contribution < 1.29 is 4.79 Å². The van der Waals surface area contributed by atoms with Crippen molar-refractivity contribution in [2.24, 2.45) is 7.05 Å². The Morgan fingerprint density at radius 3 is 2.61 bits per heavy atom. The van der Waals surface area contributed by atoms with Crippen LogP contribution in [0.5, 0.6) is 0 Å². The number of likely N-dealkylation sites (tertiary alicyclic amines) is 1. The summed E-state index contributed by atoms with van der Waals surface area (Å²) in [6, 6.07) is 3.71. The van der Waals surface area contributed by atoms with Crippen LogP contribution in [0.4, 0.5) is 5.69 Å². The summed E-state index contributed by atoms with van der Waals surface area (Å²) in [5.74, 6) is 0.0411. The Bertz CT molecular complexity index is 671. The maximum atomic E-state index is 12.4. The molecule has 0 bridgehead atoms. The Labute approximate surface area is 136 Å². The van der Waals surface area contributed by atoms with Gasteiger partial charge in [-0.05, 0) is 38.3 Å². The fourth-order valence-corrected chi connectivity index (χ4v) is 2.80. The van der Waals surface area contributed by atoms with Crippen LogP contribution in [0.3, 0.4) is 0 Å². The number of carbonyl (C=O) groups is 1. The lowest BCUT2D eigenvalue weighted by Crippen LogP contribution is -2.36. The molecule has 1 saturated heterocycles. The van der Waals surface area contributed by atoms with Crippen molar-refractivity contribution in [1.82, 2.24) is 19.7 Å². The molecule has 0 spiro atoms. The van der Waals surface area contributed by atoms with Crippen LogP contribution in [-0.2, 0) is 13.6 Å². The predicted molar refractivity (Wildman–Crippen MR) is 89.3 cm³/mol. The first kappa shape index (κ1) is 15.5. The fraction of sp³-hybridized carbons (Fsp3) is 0.471. The smallest absolute Gasteiger partial charge is 0.272 e. The van der Waals surface area contributed by atoms with Gasteiger partial charge in [-0.15, -0.1) is 0 Å². The van der Waals surface area contributed by atoms with Crippen LogP contribution in [0.15, 0.2) is 24.5 Å². The van der Waals surface area contributed by atoms with Crippen molar-refractivity contribution in [3.05, 3.63) is 41.5 Å². The monoisotopic (exact) mass is 313 g/mol. The molecule has 3 rings (SSSR count). The number of nitrogens with one attached hydrogen (secondary N) is 1. The van der Waals surface area contributed by atoms with Crippen LogP contribution in [0.2, 0.25) is 0 Å². The molecule has 0 saturated carbocycles. The van der Waals surface area contributed by atoms with Gasteiger partial charge in [0.1, 0.15) is 5.69 Å². The third-order valence-corrected chi connectivity index (χ3v) is 4.45. The molecule has 1 fully saturated rings. The first-order chi connectivity index (χ1) is 11.1. The molecular formula is C17H23N5O. The SMILES string of the molecule is Cc1c(CNc2ccc(C(=O)N3CCCCC3)nc2)cnn1C. The zero-order valence-corrected chi connectivity index (χ0v) is 13.7. The Morgan fingerprint density at radius 1 is 1.22 bits per heavy atom. The van der Waals surface area contributed by atoms with E-state index in [2.05, 4.69) is 15.4 Å². The maximum absolute atomic E-state index is 12.4. The standard InChI is InChI=1S/C17H23N5O/c1-13-14(11-20-21(13)2)10-18-15-6-7-16(19-12-15)17(23)22-8-4-3-5-9-22/h6-7,11-12,18H,3-5,8-10H2,1-2H3. The maximum Gasteiger partial charge on any atom is 0.272 e. The average Bonchev–Trinajstić information content (AvgIpc) is 2.92. The molecule has 122 valence electrons. The predicted octanol–water partition coefficient (Wildman–Crippen LogP) is 2.36. The van der Waals surface area contributed by atoms with Crippen molar-refractivity contribution >= 4 is 11.6 Å². The zero-order valence-electron chi connectivity index (χ0n) is 13.7. The van der Waals surface area contributed by atoms with Crippen LogP contribution in [-0.4, -0.2) is 38.7 Å². The molecule has 0 aromatic carbocycles. The molecule has 3 heterocycles. The second-order valence-corrected chi connectivity index (χ2v) is 6.02. The first-order valence-electron chi connectivity index (χ1n) is 8.12. The van der Waals surface area contributed by atoms with Gasteiger partial charge in [0.2, 0.25) is 0 Å². The highest BCUT2D eigenvalue weighted by atomic mass is 16.2. The van der Waals surface area contributed by atoms with E-state index in [1.165, 1.54) is 6.42 Å². The number of anilines is 1. The summed E-state index contributed by atoms with van der Waals surface area (Å²) in [6.45, 7) is 4.44. The molecule has 2 aromatic rings. The van der Waals surface area contributed by atoms with Crippen LogP contribution >= 0.6 is 0 Å². The van der Waals surface area contributed by atoms with E-state index in [-0.39, 0.29) is 5.91 Å². The fourth-order valence-electron chi connectivity index (χ4n) is 2.80. The van der Waals surface area contributed by atoms with Gasteiger partial charge in [-0.1, -0.05) is 0 Å². The van der Waals surface area contributed by atoms with Crippen molar-refractivity contribution in [3.63, 3.8) is 0 Å². The summed E-state index contributed by atoms with van der Waals surface area (Å²) in [5.41, 5.74) is 3.72. The van der Waals surface area contributed by atoms with Crippen molar-refractivity contribution in [2.45, 2.75) is 32.7 Å². The summed E-state index contributed by atoms with van der Waals surface area (Å²) in [4.78, 5) is 18.6. The number of aryl methyl sites for hydroxylation is 1. The van der Waals surface area contributed by atoms with E-state index in [9.17, 15) is 4.79 Å². The van der Waals surface area contributed by atoms with Crippen molar-refractivity contribution in [1.29, 1.82) is 0 Å². The lowest BCUT2D eigenvalue weighted by molar-refractivity contribution is 0.0718. The lowest BCUT2D eigenvalue weighted by atomic mass is 10.1. The molecule has 0 aliphatic carbocycles. The number of aromatic nitrogens is 3. The Hall–Kier alpha value is -2.37. The average molecular weight is 313 g/mol. The van der Waals surface area contributed by atoms with Gasteiger partial charge in [-0.25, -0.2) is 4.98 Å². The molecule has 6 nitrogen and oxygen atoms in total. The van der Waals surface area contributed by atoms with Crippen LogP contribution in [0, 0.1) is 6.92 Å². The van der Waals surface area contributed by atoms with Gasteiger partial charge in [0.05, 0.1) is 18.1 Å². The second kappa shape index (κ2) is 6.81. The number of nitrogens with zero attached hydrogens (tertiary/aromatic N) is 4. The van der Waals surface area contributed by atoms with Crippen molar-refractivity contribution in [2.75, 3.05) is 18.4 Å². The van der Waals surface area contributed by atoms with Gasteiger partial charge in [-0.2, -0.15) is 5.10 Å². The van der Waals surface area contributed by atoms with Gasteiger partial charge in [0.15, 0.2) is 0 Å². The largest absolute Gasteiger partial charge is 0.380 e. The summed E-state index contributed by atoms with van der Waals surface area (Å²) >= 11 is 0. The molecule has 6 heteroatoms. The highest BCUT2D eigenvalue weighted by Gasteiger charge is 2.18. The number of hydrogen-bond donors (Lipinski definition) is 1. The van der Waals surface area contributed by atoms with E-state index in [4.69, 9.17) is 0 Å². The second-order valence-electron chi connectivity index (χ2n) is 6.02. The summed E-state index contributed by atoms with van der Waals surface area (Å²) in [5, 5.41) is 7.55.